The lowest BCUT2D eigenvalue weighted by molar-refractivity contribution is -0.125. The number of piperidine rings is 1. The van der Waals surface area contributed by atoms with Crippen molar-refractivity contribution in [2.75, 3.05) is 38.1 Å². The third-order valence-corrected chi connectivity index (χ3v) is 9.53. The molecule has 4 aliphatic rings. The van der Waals surface area contributed by atoms with Crippen LogP contribution < -0.4 is 30.9 Å². The number of benzene rings is 2. The molecule has 220 valence electrons. The molecule has 3 unspecified atom stereocenters. The van der Waals surface area contributed by atoms with Crippen LogP contribution in [-0.4, -0.2) is 73.4 Å². The van der Waals surface area contributed by atoms with E-state index in [2.05, 4.69) is 21.3 Å². The molecule has 4 heterocycles. The minimum Gasteiger partial charge on any atom is -0.457 e. The van der Waals surface area contributed by atoms with Crippen molar-refractivity contribution in [1.82, 2.24) is 26.2 Å². The van der Waals surface area contributed by atoms with Gasteiger partial charge >= 0.3 is 6.03 Å². The lowest BCUT2D eigenvalue weighted by Crippen LogP contribution is -2.62. The van der Waals surface area contributed by atoms with Gasteiger partial charge in [-0.25, -0.2) is 4.79 Å². The summed E-state index contributed by atoms with van der Waals surface area (Å²) in [7, 11) is 1.83. The van der Waals surface area contributed by atoms with Gasteiger partial charge in [-0.3, -0.25) is 14.5 Å². The van der Waals surface area contributed by atoms with Crippen molar-refractivity contribution in [1.29, 1.82) is 0 Å². The van der Waals surface area contributed by atoms with Crippen LogP contribution in [0.25, 0.3) is 0 Å². The van der Waals surface area contributed by atoms with Crippen molar-refractivity contribution in [2.24, 2.45) is 5.92 Å². The number of rotatable bonds is 8. The fraction of sp³-hybridized carbons (Fsp3) is 0.387. The lowest BCUT2D eigenvalue weighted by Gasteiger charge is -2.46. The van der Waals surface area contributed by atoms with Crippen molar-refractivity contribution in [3.05, 3.63) is 76.8 Å². The number of nitrogens with zero attached hydrogens (tertiary/aromatic N) is 2. The molecule has 0 radical (unpaired) electrons. The van der Waals surface area contributed by atoms with Gasteiger partial charge in [-0.05, 0) is 69.3 Å². The monoisotopic (exact) mass is 588 g/mol. The minimum atomic E-state index is -0.231. The molecule has 2 aromatic carbocycles. The molecular formula is C31H36N6O4S. The number of hydrogen-bond acceptors (Lipinski definition) is 7. The molecule has 11 heteroatoms. The smallest absolute Gasteiger partial charge is 0.326 e. The fourth-order valence-corrected chi connectivity index (χ4v) is 7.60. The SMILES string of the molecule is CNC/C=C/C(=O)N1CC[C@@H](NC(=O)C2=C3NC(=O)N(c4ccc(Oc5ccccc5)cc4C)C4CCNC(S2)C34)C1. The summed E-state index contributed by atoms with van der Waals surface area (Å²) in [6.07, 6.45) is 4.84. The van der Waals surface area contributed by atoms with E-state index in [1.807, 2.05) is 67.4 Å². The van der Waals surface area contributed by atoms with Gasteiger partial charge in [0.1, 0.15) is 11.5 Å². The van der Waals surface area contributed by atoms with Crippen LogP contribution >= 0.6 is 11.8 Å². The molecule has 0 saturated carbocycles. The highest BCUT2D eigenvalue weighted by Crippen LogP contribution is 2.48. The Morgan fingerprint density at radius 1 is 1.14 bits per heavy atom. The molecule has 6 rings (SSSR count). The maximum absolute atomic E-state index is 13.6. The van der Waals surface area contributed by atoms with Crippen LogP contribution in [-0.2, 0) is 9.59 Å². The first-order valence-corrected chi connectivity index (χ1v) is 15.3. The van der Waals surface area contributed by atoms with E-state index >= 15 is 0 Å². The standard InChI is InChI=1S/C31H36N6O4S/c1-19-17-22(41-21-7-4-3-5-8-21)10-11-23(19)37-24-12-15-33-30-26(24)27(35-31(37)40)28(42-30)29(39)34-20-13-16-36(18-20)25(38)9-6-14-32-2/h3-11,17,20,24,26,30,32-33H,12-16,18H2,1-2H3,(H,34,39)(H,35,40)/b9-6+/t20-,24?,26?,30?/m1/s1. The number of ether oxygens (including phenoxy) is 1. The highest BCUT2D eigenvalue weighted by molar-refractivity contribution is 8.04. The van der Waals surface area contributed by atoms with Crippen LogP contribution in [0.2, 0.25) is 0 Å². The number of carbonyl (C=O) groups excluding carboxylic acids is 3. The summed E-state index contributed by atoms with van der Waals surface area (Å²) in [5, 5.41) is 12.7. The Kier molecular flexibility index (Phi) is 8.23. The number of thioether (sulfide) groups is 1. The maximum atomic E-state index is 13.6. The lowest BCUT2D eigenvalue weighted by atomic mass is 9.86. The molecule has 0 spiro atoms. The highest BCUT2D eigenvalue weighted by Gasteiger charge is 2.52. The van der Waals surface area contributed by atoms with E-state index in [1.54, 1.807) is 17.1 Å². The predicted molar refractivity (Wildman–Crippen MR) is 163 cm³/mol. The Bertz CT molecular complexity index is 1430. The molecular weight excluding hydrogens is 552 g/mol. The second-order valence-electron chi connectivity index (χ2n) is 11.0. The Hall–Kier alpha value is -3.80. The van der Waals surface area contributed by atoms with Crippen molar-refractivity contribution in [3.8, 4) is 11.5 Å². The second kappa shape index (κ2) is 12.2. The molecule has 42 heavy (non-hydrogen) atoms. The van der Waals surface area contributed by atoms with E-state index in [0.29, 0.717) is 42.4 Å². The van der Waals surface area contributed by atoms with Crippen LogP contribution in [0.5, 0.6) is 11.5 Å². The van der Waals surface area contributed by atoms with E-state index in [0.717, 1.165) is 30.0 Å². The molecule has 10 nitrogen and oxygen atoms in total. The number of hydrogen-bond donors (Lipinski definition) is 4. The Labute approximate surface area is 249 Å². The first kappa shape index (κ1) is 28.3. The average Bonchev–Trinajstić information content (AvgIpc) is 3.60. The zero-order valence-electron chi connectivity index (χ0n) is 23.8. The number of amides is 4. The largest absolute Gasteiger partial charge is 0.457 e. The van der Waals surface area contributed by atoms with Gasteiger partial charge in [0.2, 0.25) is 5.91 Å². The summed E-state index contributed by atoms with van der Waals surface area (Å²) < 4.78 is 6.00. The van der Waals surface area contributed by atoms with Crippen LogP contribution in [0.3, 0.4) is 0 Å². The quantitative estimate of drug-likeness (QED) is 0.351. The Balaban J connectivity index is 1.17. The van der Waals surface area contributed by atoms with Crippen molar-refractivity contribution in [2.45, 2.75) is 37.2 Å². The third-order valence-electron chi connectivity index (χ3n) is 8.17. The van der Waals surface area contributed by atoms with Gasteiger partial charge in [0.25, 0.3) is 5.91 Å². The number of urea groups is 1. The Morgan fingerprint density at radius 3 is 2.76 bits per heavy atom. The van der Waals surface area contributed by atoms with Crippen molar-refractivity contribution in [3.63, 3.8) is 0 Å². The predicted octanol–water partition coefficient (Wildman–Crippen LogP) is 3.07. The van der Waals surface area contributed by atoms with Gasteiger partial charge in [-0.2, -0.15) is 0 Å². The normalized spacial score (nSPS) is 25.0. The molecule has 3 fully saturated rings. The number of carbonyl (C=O) groups is 3. The first-order chi connectivity index (χ1) is 20.4. The fourth-order valence-electron chi connectivity index (χ4n) is 6.20. The van der Waals surface area contributed by atoms with E-state index < -0.39 is 0 Å². The van der Waals surface area contributed by atoms with E-state index in [9.17, 15) is 14.4 Å². The van der Waals surface area contributed by atoms with Crippen molar-refractivity contribution >= 4 is 35.3 Å². The summed E-state index contributed by atoms with van der Waals surface area (Å²) >= 11 is 1.49. The average molecular weight is 589 g/mol. The zero-order valence-corrected chi connectivity index (χ0v) is 24.6. The van der Waals surface area contributed by atoms with E-state index in [1.165, 1.54) is 11.8 Å². The highest BCUT2D eigenvalue weighted by atomic mass is 32.2. The van der Waals surface area contributed by atoms with Gasteiger partial charge in [0, 0.05) is 49.1 Å². The summed E-state index contributed by atoms with van der Waals surface area (Å²) in [6, 6.07) is 14.9. The maximum Gasteiger partial charge on any atom is 0.326 e. The summed E-state index contributed by atoms with van der Waals surface area (Å²) in [6.45, 7) is 4.43. The van der Waals surface area contributed by atoms with E-state index in [4.69, 9.17) is 4.74 Å². The molecule has 4 aliphatic heterocycles. The van der Waals surface area contributed by atoms with Crippen LogP contribution in [0, 0.1) is 12.8 Å². The third kappa shape index (κ3) is 5.64. The van der Waals surface area contributed by atoms with Crippen LogP contribution in [0.15, 0.2) is 71.3 Å². The van der Waals surface area contributed by atoms with Gasteiger partial charge < -0.3 is 30.9 Å². The molecule has 0 bridgehead atoms. The van der Waals surface area contributed by atoms with Crippen LogP contribution in [0.4, 0.5) is 10.5 Å². The summed E-state index contributed by atoms with van der Waals surface area (Å²) in [4.78, 5) is 43.8. The van der Waals surface area contributed by atoms with E-state index in [-0.39, 0.29) is 41.2 Å². The van der Waals surface area contributed by atoms with Crippen molar-refractivity contribution < 1.29 is 19.1 Å². The van der Waals surface area contributed by atoms with Gasteiger partial charge in [0.15, 0.2) is 0 Å². The molecule has 0 aliphatic carbocycles. The summed E-state index contributed by atoms with van der Waals surface area (Å²) in [5.41, 5.74) is 2.47. The molecule has 4 N–H and O–H groups in total. The zero-order chi connectivity index (χ0) is 29.2. The number of para-hydroxylation sites is 1. The van der Waals surface area contributed by atoms with Gasteiger partial charge in [-0.1, -0.05) is 36.0 Å². The summed E-state index contributed by atoms with van der Waals surface area (Å²) in [5.74, 6) is 1.18. The molecule has 4 atom stereocenters. The number of anilines is 1. The Morgan fingerprint density at radius 2 is 1.98 bits per heavy atom. The minimum absolute atomic E-state index is 0.0115. The number of likely N-dealkylation sites (N-methyl/N-ethyl adjacent to an activating group) is 1. The van der Waals surface area contributed by atoms with Gasteiger partial charge in [-0.15, -0.1) is 0 Å². The number of aryl methyl sites for hydroxylation is 1. The first-order valence-electron chi connectivity index (χ1n) is 14.4. The molecule has 0 aromatic heterocycles. The molecule has 4 amide bonds. The molecule has 3 saturated heterocycles. The molecule has 2 aromatic rings. The van der Waals surface area contributed by atoms with Crippen LogP contribution in [0.1, 0.15) is 18.4 Å². The van der Waals surface area contributed by atoms with Gasteiger partial charge in [0.05, 0.1) is 16.3 Å². The second-order valence-corrected chi connectivity index (χ2v) is 12.1. The number of nitrogens with one attached hydrogen (secondary N) is 4. The number of likely N-dealkylation sites (tertiary alicyclic amines) is 1. The topological polar surface area (TPSA) is 115 Å².